The topological polar surface area (TPSA) is 68.5 Å². The Morgan fingerprint density at radius 1 is 1.17 bits per heavy atom. The molecule has 0 aliphatic carbocycles. The van der Waals surface area contributed by atoms with Crippen molar-refractivity contribution in [3.05, 3.63) is 53.6 Å². The predicted octanol–water partition coefficient (Wildman–Crippen LogP) is 4.61. The van der Waals surface area contributed by atoms with Gasteiger partial charge in [-0.3, -0.25) is 4.79 Å². The molecule has 29 heavy (non-hydrogen) atoms. The molecule has 1 aliphatic heterocycles. The molecule has 0 amide bonds. The number of aryl methyl sites for hydroxylation is 1. The van der Waals surface area contributed by atoms with Gasteiger partial charge in [0.05, 0.1) is 24.4 Å². The number of carbonyl (C=O) groups excluding carboxylic acids is 1. The molecule has 0 bridgehead atoms. The van der Waals surface area contributed by atoms with Crippen LogP contribution in [-0.2, 0) is 4.74 Å². The zero-order valence-electron chi connectivity index (χ0n) is 17.1. The lowest BCUT2D eigenvalue weighted by Crippen LogP contribution is -2.36. The van der Waals surface area contributed by atoms with Crippen LogP contribution in [0.1, 0.15) is 35.7 Å². The van der Waals surface area contributed by atoms with Gasteiger partial charge in [0.2, 0.25) is 0 Å². The molecule has 1 aromatic heterocycles. The minimum absolute atomic E-state index is 0.190. The van der Waals surface area contributed by atoms with Crippen LogP contribution in [-0.4, -0.2) is 37.1 Å². The van der Waals surface area contributed by atoms with Crippen molar-refractivity contribution >= 4 is 28.2 Å². The lowest BCUT2D eigenvalue weighted by atomic mass is 9.91. The van der Waals surface area contributed by atoms with Gasteiger partial charge in [0.1, 0.15) is 5.82 Å². The number of ketones is 1. The molecule has 0 unspecified atom stereocenters. The van der Waals surface area contributed by atoms with Crippen LogP contribution in [0.2, 0.25) is 0 Å². The first-order chi connectivity index (χ1) is 14.1. The smallest absolute Gasteiger partial charge is 0.163 e. The largest absolute Gasteiger partial charge is 0.382 e. The third-order valence-corrected chi connectivity index (χ3v) is 5.51. The summed E-state index contributed by atoms with van der Waals surface area (Å²) in [6, 6.07) is 14.2. The van der Waals surface area contributed by atoms with Gasteiger partial charge in [0.25, 0.3) is 0 Å². The Morgan fingerprint density at radius 2 is 1.97 bits per heavy atom. The first kappa shape index (κ1) is 19.4. The second-order valence-electron chi connectivity index (χ2n) is 7.57. The van der Waals surface area contributed by atoms with Gasteiger partial charge < -0.3 is 15.4 Å². The zero-order chi connectivity index (χ0) is 20.4. The molecular weight excluding hydrogens is 362 g/mol. The highest BCUT2D eigenvalue weighted by atomic mass is 16.5. The highest BCUT2D eigenvalue weighted by molar-refractivity contribution is 6.04. The maximum atomic E-state index is 12.7. The molecule has 0 atom stereocenters. The van der Waals surface area contributed by atoms with Crippen LogP contribution in [0.4, 0.5) is 11.5 Å². The van der Waals surface area contributed by atoms with Crippen LogP contribution >= 0.6 is 0 Å². The number of aromatic nitrogens is 1. The first-order valence-corrected chi connectivity index (χ1v) is 10.2. The number of hydrogen-bond acceptors (Lipinski definition) is 5. The van der Waals surface area contributed by atoms with Crippen molar-refractivity contribution in [2.24, 2.45) is 0 Å². The Morgan fingerprint density at radius 3 is 2.72 bits per heavy atom. The molecule has 4 rings (SSSR count). The van der Waals surface area contributed by atoms with E-state index in [1.54, 1.807) is 0 Å². The zero-order valence-corrected chi connectivity index (χ0v) is 17.1. The number of rotatable bonds is 5. The van der Waals surface area contributed by atoms with E-state index in [2.05, 4.69) is 35.0 Å². The van der Waals surface area contributed by atoms with E-state index < -0.39 is 0 Å². The summed E-state index contributed by atoms with van der Waals surface area (Å²) in [6.07, 6.45) is 1.40. The van der Waals surface area contributed by atoms with Crippen LogP contribution in [0.5, 0.6) is 0 Å². The van der Waals surface area contributed by atoms with Gasteiger partial charge >= 0.3 is 0 Å². The van der Waals surface area contributed by atoms with Gasteiger partial charge in [-0.2, -0.15) is 0 Å². The average Bonchev–Trinajstić information content (AvgIpc) is 2.73. The van der Waals surface area contributed by atoms with Crippen molar-refractivity contribution in [2.75, 3.05) is 36.9 Å². The van der Waals surface area contributed by atoms with Gasteiger partial charge in [-0.25, -0.2) is 4.98 Å². The second-order valence-corrected chi connectivity index (χ2v) is 7.57. The van der Waals surface area contributed by atoms with Gasteiger partial charge in [-0.05, 0) is 48.2 Å². The number of nitrogen functional groups attached to an aromatic ring is 1. The number of ether oxygens (including phenoxy) is 1. The van der Waals surface area contributed by atoms with Crippen LogP contribution in [0.25, 0.3) is 22.0 Å². The van der Waals surface area contributed by atoms with Crippen molar-refractivity contribution in [3.8, 4) is 11.1 Å². The molecule has 0 radical (unpaired) electrons. The summed E-state index contributed by atoms with van der Waals surface area (Å²) >= 11 is 0. The van der Waals surface area contributed by atoms with Crippen molar-refractivity contribution < 1.29 is 9.53 Å². The van der Waals surface area contributed by atoms with Crippen LogP contribution < -0.4 is 10.6 Å². The molecule has 150 valence electrons. The van der Waals surface area contributed by atoms with Crippen LogP contribution in [0.15, 0.2) is 42.5 Å². The number of morpholine rings is 1. The van der Waals surface area contributed by atoms with E-state index in [-0.39, 0.29) is 5.78 Å². The molecule has 2 aromatic carbocycles. The van der Waals surface area contributed by atoms with E-state index in [4.69, 9.17) is 10.5 Å². The molecule has 1 aliphatic rings. The van der Waals surface area contributed by atoms with Gasteiger partial charge in [0.15, 0.2) is 5.78 Å². The van der Waals surface area contributed by atoms with E-state index in [9.17, 15) is 4.79 Å². The summed E-state index contributed by atoms with van der Waals surface area (Å²) in [7, 11) is 0. The molecule has 5 nitrogen and oxygen atoms in total. The first-order valence-electron chi connectivity index (χ1n) is 10.2. The highest BCUT2D eigenvalue weighted by Gasteiger charge is 2.18. The number of anilines is 2. The molecule has 3 aromatic rings. The molecule has 2 N–H and O–H groups in total. The van der Waals surface area contributed by atoms with E-state index >= 15 is 0 Å². The average molecular weight is 389 g/mol. The quantitative estimate of drug-likeness (QED) is 0.645. The number of fused-ring (bicyclic) bond motifs is 1. The highest BCUT2D eigenvalue weighted by Crippen LogP contribution is 2.33. The Hall–Kier alpha value is -2.92. The van der Waals surface area contributed by atoms with E-state index in [1.165, 1.54) is 0 Å². The molecule has 0 spiro atoms. The number of Topliss-reactive ketones (excluding diaryl/α,β-unsaturated/α-hetero) is 1. The number of carbonyl (C=O) groups is 1. The normalized spacial score (nSPS) is 14.3. The van der Waals surface area contributed by atoms with Crippen molar-refractivity contribution in [3.63, 3.8) is 0 Å². The molecule has 1 saturated heterocycles. The molecule has 2 heterocycles. The SMILES string of the molecule is CCCC(=O)c1cccc(C)c1-c1ccc2nc(N)c(N3CCOCC3)cc2c1. The minimum Gasteiger partial charge on any atom is -0.382 e. The number of pyridine rings is 1. The monoisotopic (exact) mass is 389 g/mol. The summed E-state index contributed by atoms with van der Waals surface area (Å²) in [5.74, 6) is 0.734. The number of benzene rings is 2. The lowest BCUT2D eigenvalue weighted by molar-refractivity contribution is 0.0982. The summed E-state index contributed by atoms with van der Waals surface area (Å²) < 4.78 is 5.46. The summed E-state index contributed by atoms with van der Waals surface area (Å²) in [5.41, 5.74) is 12.0. The maximum absolute atomic E-state index is 12.7. The molecular formula is C24H27N3O2. The molecule has 1 fully saturated rings. The number of hydrogen-bond donors (Lipinski definition) is 1. The van der Waals surface area contributed by atoms with Crippen molar-refractivity contribution in [2.45, 2.75) is 26.7 Å². The second kappa shape index (κ2) is 8.21. The Bertz CT molecular complexity index is 1060. The summed E-state index contributed by atoms with van der Waals surface area (Å²) in [5, 5.41) is 1.02. The Kier molecular flexibility index (Phi) is 5.49. The minimum atomic E-state index is 0.190. The fraction of sp³-hybridized carbons (Fsp3) is 0.333. The van der Waals surface area contributed by atoms with Crippen LogP contribution in [0, 0.1) is 6.92 Å². The van der Waals surface area contributed by atoms with Gasteiger partial charge in [-0.1, -0.05) is 31.2 Å². The lowest BCUT2D eigenvalue weighted by Gasteiger charge is -2.29. The Balaban J connectivity index is 1.82. The molecule has 0 saturated carbocycles. The van der Waals surface area contributed by atoms with Crippen LogP contribution in [0.3, 0.4) is 0 Å². The van der Waals surface area contributed by atoms with E-state index in [0.29, 0.717) is 25.5 Å². The van der Waals surface area contributed by atoms with E-state index in [1.807, 2.05) is 31.2 Å². The van der Waals surface area contributed by atoms with Gasteiger partial charge in [-0.15, -0.1) is 0 Å². The number of nitrogens with two attached hydrogens (primary N) is 1. The summed E-state index contributed by atoms with van der Waals surface area (Å²) in [4.78, 5) is 19.6. The standard InChI is InChI=1S/C24H27N3O2/c1-3-5-22(28)19-7-4-6-16(2)23(19)17-8-9-20-18(14-17)15-21(24(25)26-20)27-10-12-29-13-11-27/h4,6-9,14-15H,3,5,10-13H2,1-2H3,(H2,25,26). The third-order valence-electron chi connectivity index (χ3n) is 5.51. The van der Waals surface area contributed by atoms with Gasteiger partial charge in [0, 0.05) is 30.5 Å². The predicted molar refractivity (Wildman–Crippen MR) is 119 cm³/mol. The number of nitrogens with zero attached hydrogens (tertiary/aromatic N) is 2. The van der Waals surface area contributed by atoms with E-state index in [0.717, 1.165) is 58.4 Å². The fourth-order valence-electron chi connectivity index (χ4n) is 4.04. The summed E-state index contributed by atoms with van der Waals surface area (Å²) in [6.45, 7) is 7.11. The molecule has 5 heteroatoms. The van der Waals surface area contributed by atoms with Crippen molar-refractivity contribution in [1.29, 1.82) is 0 Å². The maximum Gasteiger partial charge on any atom is 0.163 e. The fourth-order valence-corrected chi connectivity index (χ4v) is 4.04. The van der Waals surface area contributed by atoms with Crippen molar-refractivity contribution in [1.82, 2.24) is 4.98 Å². The Labute approximate surface area is 171 Å². The third kappa shape index (κ3) is 3.83.